The standard InChI is InChI=1S/C7H14N5S/c1-12(2)5-3-4-6-13-7-8-10-11-9-7/h4H,3,5-6H2,1-2H3,(H,8,9,10,11). The zero-order valence-electron chi connectivity index (χ0n) is 7.90. The smallest absolute Gasteiger partial charge is 0.206 e. The first-order valence-corrected chi connectivity index (χ1v) is 5.10. The number of aromatic nitrogens is 4. The first-order valence-electron chi connectivity index (χ1n) is 4.12. The largest absolute Gasteiger partial charge is 0.309 e. The highest BCUT2D eigenvalue weighted by molar-refractivity contribution is 7.99. The van der Waals surface area contributed by atoms with Crippen molar-refractivity contribution in [2.24, 2.45) is 0 Å². The summed E-state index contributed by atoms with van der Waals surface area (Å²) < 4.78 is 0. The maximum atomic E-state index is 3.76. The monoisotopic (exact) mass is 200 g/mol. The van der Waals surface area contributed by atoms with Gasteiger partial charge in [-0.1, -0.05) is 11.8 Å². The topological polar surface area (TPSA) is 57.7 Å². The number of nitrogens with zero attached hydrogens (tertiary/aromatic N) is 4. The van der Waals surface area contributed by atoms with Crippen LogP contribution in [0.2, 0.25) is 0 Å². The highest BCUT2D eigenvalue weighted by Gasteiger charge is 1.97. The Morgan fingerprint density at radius 3 is 3.00 bits per heavy atom. The van der Waals surface area contributed by atoms with Gasteiger partial charge in [0.15, 0.2) is 0 Å². The molecule has 0 aromatic carbocycles. The van der Waals surface area contributed by atoms with Crippen LogP contribution in [-0.4, -0.2) is 51.9 Å². The molecule has 0 spiro atoms. The maximum absolute atomic E-state index is 3.76. The second kappa shape index (κ2) is 5.93. The summed E-state index contributed by atoms with van der Waals surface area (Å²) in [6.45, 7) is 1.09. The minimum absolute atomic E-state index is 0.779. The molecule has 1 rings (SSSR count). The zero-order valence-corrected chi connectivity index (χ0v) is 8.71. The second-order valence-corrected chi connectivity index (χ2v) is 3.91. The van der Waals surface area contributed by atoms with Gasteiger partial charge in [0.2, 0.25) is 5.16 Å². The van der Waals surface area contributed by atoms with Crippen LogP contribution in [0.1, 0.15) is 6.42 Å². The summed E-state index contributed by atoms with van der Waals surface area (Å²) in [6.07, 6.45) is 3.33. The molecule has 73 valence electrons. The molecule has 0 bridgehead atoms. The van der Waals surface area contributed by atoms with E-state index >= 15 is 0 Å². The lowest BCUT2D eigenvalue weighted by Crippen LogP contribution is -2.13. The van der Waals surface area contributed by atoms with Crippen molar-refractivity contribution in [3.8, 4) is 0 Å². The maximum Gasteiger partial charge on any atom is 0.206 e. The van der Waals surface area contributed by atoms with Crippen LogP contribution in [0.5, 0.6) is 0 Å². The highest BCUT2D eigenvalue weighted by atomic mass is 32.2. The van der Waals surface area contributed by atoms with Crippen LogP contribution in [0.25, 0.3) is 0 Å². The molecule has 6 heteroatoms. The van der Waals surface area contributed by atoms with Crippen LogP contribution < -0.4 is 0 Å². The molecule has 0 saturated carbocycles. The van der Waals surface area contributed by atoms with Gasteiger partial charge in [-0.25, -0.2) is 5.10 Å². The molecule has 0 amide bonds. The number of H-pyrrole nitrogens is 1. The van der Waals surface area contributed by atoms with Crippen molar-refractivity contribution < 1.29 is 0 Å². The average molecular weight is 200 g/mol. The van der Waals surface area contributed by atoms with E-state index < -0.39 is 0 Å². The number of rotatable bonds is 6. The summed E-state index contributed by atoms with van der Waals surface area (Å²) in [5.41, 5.74) is 0. The second-order valence-electron chi connectivity index (χ2n) is 2.90. The summed E-state index contributed by atoms with van der Waals surface area (Å²) in [4.78, 5) is 2.16. The van der Waals surface area contributed by atoms with E-state index in [2.05, 4.69) is 46.0 Å². The molecule has 0 atom stereocenters. The molecule has 0 aliphatic heterocycles. The van der Waals surface area contributed by atoms with Crippen LogP contribution in [0.4, 0.5) is 0 Å². The molecule has 0 unspecified atom stereocenters. The van der Waals surface area contributed by atoms with Gasteiger partial charge in [0.25, 0.3) is 0 Å². The van der Waals surface area contributed by atoms with Crippen LogP contribution in [0, 0.1) is 6.42 Å². The molecule has 0 saturated heterocycles. The van der Waals surface area contributed by atoms with Gasteiger partial charge in [-0.05, 0) is 43.9 Å². The predicted octanol–water partition coefficient (Wildman–Crippen LogP) is 0.448. The number of nitrogens with one attached hydrogen (secondary N) is 1. The van der Waals surface area contributed by atoms with Gasteiger partial charge in [-0.3, -0.25) is 0 Å². The molecule has 1 aromatic rings. The summed E-state index contributed by atoms with van der Waals surface area (Å²) in [7, 11) is 4.14. The number of tetrazole rings is 1. The number of unbranched alkanes of at least 4 members (excludes halogenated alkanes) is 1. The lowest BCUT2D eigenvalue weighted by atomic mass is 10.3. The van der Waals surface area contributed by atoms with Gasteiger partial charge in [-0.15, -0.1) is 5.10 Å². The van der Waals surface area contributed by atoms with E-state index in [0.29, 0.717) is 0 Å². The first kappa shape index (κ1) is 10.5. The highest BCUT2D eigenvalue weighted by Crippen LogP contribution is 2.11. The first-order chi connectivity index (χ1) is 6.29. The minimum Gasteiger partial charge on any atom is -0.309 e. The van der Waals surface area contributed by atoms with E-state index in [9.17, 15) is 0 Å². The van der Waals surface area contributed by atoms with Gasteiger partial charge in [0.05, 0.1) is 0 Å². The fourth-order valence-electron chi connectivity index (χ4n) is 0.782. The van der Waals surface area contributed by atoms with E-state index in [0.717, 1.165) is 23.9 Å². The summed E-state index contributed by atoms with van der Waals surface area (Å²) in [6, 6.07) is 0. The molecule has 1 N–H and O–H groups in total. The number of thioether (sulfide) groups is 1. The molecule has 1 aromatic heterocycles. The van der Waals surface area contributed by atoms with Crippen molar-refractivity contribution in [1.82, 2.24) is 25.5 Å². The van der Waals surface area contributed by atoms with Gasteiger partial charge in [-0.2, -0.15) is 0 Å². The molecule has 0 aliphatic rings. The van der Waals surface area contributed by atoms with E-state index in [1.807, 2.05) is 0 Å². The molecule has 13 heavy (non-hydrogen) atoms. The van der Waals surface area contributed by atoms with Gasteiger partial charge < -0.3 is 4.90 Å². The fourth-order valence-corrected chi connectivity index (χ4v) is 1.42. The van der Waals surface area contributed by atoms with E-state index in [1.54, 1.807) is 11.8 Å². The van der Waals surface area contributed by atoms with E-state index in [4.69, 9.17) is 0 Å². The quantitative estimate of drug-likeness (QED) is 0.533. The molecular formula is C7H14N5S. The molecule has 0 aliphatic carbocycles. The van der Waals surface area contributed by atoms with Crippen molar-refractivity contribution in [2.75, 3.05) is 26.4 Å². The van der Waals surface area contributed by atoms with Crippen molar-refractivity contribution >= 4 is 11.8 Å². The Labute approximate surface area is 82.3 Å². The van der Waals surface area contributed by atoms with Gasteiger partial charge in [0.1, 0.15) is 0 Å². The van der Waals surface area contributed by atoms with E-state index in [-0.39, 0.29) is 0 Å². The van der Waals surface area contributed by atoms with Crippen molar-refractivity contribution in [3.05, 3.63) is 6.42 Å². The Kier molecular flexibility index (Phi) is 4.77. The molecule has 0 fully saturated rings. The van der Waals surface area contributed by atoms with Crippen LogP contribution >= 0.6 is 11.8 Å². The van der Waals surface area contributed by atoms with Crippen molar-refractivity contribution in [3.63, 3.8) is 0 Å². The third-order valence-electron chi connectivity index (χ3n) is 1.44. The minimum atomic E-state index is 0.779. The van der Waals surface area contributed by atoms with Crippen LogP contribution in [0.15, 0.2) is 5.16 Å². The lowest BCUT2D eigenvalue weighted by Gasteiger charge is -2.07. The Hall–Kier alpha value is -0.620. The third-order valence-corrected chi connectivity index (χ3v) is 2.29. The summed E-state index contributed by atoms with van der Waals surface area (Å²) in [5, 5.41) is 14.2. The molecular weight excluding hydrogens is 186 g/mol. The summed E-state index contributed by atoms with van der Waals surface area (Å²) in [5.74, 6) is 0.949. The number of aromatic amines is 1. The fraction of sp³-hybridized carbons (Fsp3) is 0.714. The van der Waals surface area contributed by atoms with Crippen molar-refractivity contribution in [2.45, 2.75) is 11.6 Å². The van der Waals surface area contributed by atoms with Crippen LogP contribution in [-0.2, 0) is 0 Å². The normalized spacial score (nSPS) is 11.0. The third kappa shape index (κ3) is 4.84. The van der Waals surface area contributed by atoms with Crippen LogP contribution in [0.3, 0.4) is 0 Å². The number of hydrogen-bond donors (Lipinski definition) is 1. The van der Waals surface area contributed by atoms with Gasteiger partial charge in [0, 0.05) is 5.75 Å². The van der Waals surface area contributed by atoms with Gasteiger partial charge >= 0.3 is 0 Å². The lowest BCUT2D eigenvalue weighted by molar-refractivity contribution is 0.412. The molecule has 1 heterocycles. The van der Waals surface area contributed by atoms with E-state index in [1.165, 1.54) is 0 Å². The number of hydrogen-bond acceptors (Lipinski definition) is 5. The Balaban J connectivity index is 1.96. The Bertz CT molecular complexity index is 211. The van der Waals surface area contributed by atoms with Crippen molar-refractivity contribution in [1.29, 1.82) is 0 Å². The molecule has 1 radical (unpaired) electrons. The Morgan fingerprint density at radius 2 is 2.38 bits per heavy atom. The SMILES string of the molecule is CN(C)CC[CH]CSc1nnn[nH]1. The predicted molar refractivity (Wildman–Crippen MR) is 52.4 cm³/mol. The zero-order chi connectivity index (χ0) is 9.52. The molecule has 5 nitrogen and oxygen atoms in total. The average Bonchev–Trinajstić information content (AvgIpc) is 2.55. The Morgan fingerprint density at radius 1 is 1.54 bits per heavy atom. The summed E-state index contributed by atoms with van der Waals surface area (Å²) >= 11 is 1.61.